The van der Waals surface area contributed by atoms with Gasteiger partial charge in [0.2, 0.25) is 0 Å². The molecule has 1 aromatic carbocycles. The summed E-state index contributed by atoms with van der Waals surface area (Å²) in [7, 11) is 0. The number of benzene rings is 1. The van der Waals surface area contributed by atoms with Crippen molar-refractivity contribution in [1.29, 1.82) is 0 Å². The van der Waals surface area contributed by atoms with Gasteiger partial charge in [-0.25, -0.2) is 8.78 Å². The van der Waals surface area contributed by atoms with Crippen LogP contribution in [0.1, 0.15) is 29.3 Å². The van der Waals surface area contributed by atoms with Crippen molar-refractivity contribution in [2.45, 2.75) is 20.0 Å². The third-order valence-electron chi connectivity index (χ3n) is 1.95. The van der Waals surface area contributed by atoms with Crippen LogP contribution < -0.4 is 4.74 Å². The van der Waals surface area contributed by atoms with Gasteiger partial charge in [0.25, 0.3) is 6.43 Å². The van der Waals surface area contributed by atoms with Gasteiger partial charge >= 0.3 is 6.61 Å². The van der Waals surface area contributed by atoms with Crippen molar-refractivity contribution >= 4 is 17.4 Å². The van der Waals surface area contributed by atoms with E-state index in [0.29, 0.717) is 0 Å². The van der Waals surface area contributed by atoms with Gasteiger partial charge < -0.3 is 4.74 Å². The number of Topliss-reactive ketones (excluding diaryl/α,β-unsaturated/α-hetero) is 1. The second-order valence-electron chi connectivity index (χ2n) is 3.08. The lowest BCUT2D eigenvalue weighted by Gasteiger charge is -2.13. The number of alkyl halides is 4. The van der Waals surface area contributed by atoms with Crippen molar-refractivity contribution in [1.82, 2.24) is 0 Å². The Labute approximate surface area is 99.1 Å². The van der Waals surface area contributed by atoms with E-state index < -0.39 is 35.2 Å². The molecule has 0 amide bonds. The molecule has 0 heterocycles. The number of ketones is 1. The first kappa shape index (κ1) is 13.8. The second kappa shape index (κ2) is 5.35. The molecule has 0 aliphatic rings. The molecule has 1 aromatic rings. The van der Waals surface area contributed by atoms with Crippen LogP contribution in [0.15, 0.2) is 12.1 Å². The first-order valence-corrected chi connectivity index (χ1v) is 4.78. The third kappa shape index (κ3) is 3.09. The summed E-state index contributed by atoms with van der Waals surface area (Å²) in [6.45, 7) is -2.16. The summed E-state index contributed by atoms with van der Waals surface area (Å²) in [5, 5.41) is -0.532. The molecule has 2 nitrogen and oxygen atoms in total. The average Bonchev–Trinajstić information content (AvgIpc) is 2.19. The number of hydrogen-bond acceptors (Lipinski definition) is 2. The number of hydrogen-bond donors (Lipinski definition) is 0. The highest BCUT2D eigenvalue weighted by atomic mass is 35.5. The first-order chi connectivity index (χ1) is 7.84. The minimum atomic E-state index is -3.30. The highest BCUT2D eigenvalue weighted by molar-refractivity contribution is 6.35. The van der Waals surface area contributed by atoms with Crippen LogP contribution in [0.5, 0.6) is 5.75 Å². The maximum Gasteiger partial charge on any atom is 0.387 e. The molecule has 7 heteroatoms. The van der Waals surface area contributed by atoms with Crippen LogP contribution in [0, 0.1) is 0 Å². The van der Waals surface area contributed by atoms with Gasteiger partial charge in [-0.05, 0) is 19.1 Å². The quantitative estimate of drug-likeness (QED) is 0.609. The molecule has 1 rings (SSSR count). The van der Waals surface area contributed by atoms with E-state index in [2.05, 4.69) is 4.74 Å². The molecule has 0 saturated heterocycles. The van der Waals surface area contributed by atoms with Gasteiger partial charge in [-0.15, -0.1) is 0 Å². The van der Waals surface area contributed by atoms with Crippen LogP contribution in [0.4, 0.5) is 17.6 Å². The molecule has 0 atom stereocenters. The summed E-state index contributed by atoms with van der Waals surface area (Å²) in [6, 6.07) is 1.88. The first-order valence-electron chi connectivity index (χ1n) is 4.41. The standard InChI is InChI=1S/C10H7ClF4O2/c1-4(16)5-2-3-6(9(12)13)8(7(5)11)17-10(14)15/h2-3,9-10H,1H3. The summed E-state index contributed by atoms with van der Waals surface area (Å²) < 4.78 is 53.1. The summed E-state index contributed by atoms with van der Waals surface area (Å²) in [5.74, 6) is -1.39. The highest BCUT2D eigenvalue weighted by Crippen LogP contribution is 2.38. The van der Waals surface area contributed by atoms with Gasteiger partial charge in [-0.2, -0.15) is 8.78 Å². The number of ether oxygens (including phenoxy) is 1. The van der Waals surface area contributed by atoms with E-state index in [-0.39, 0.29) is 5.56 Å². The number of carbonyl (C=O) groups is 1. The fraction of sp³-hybridized carbons (Fsp3) is 0.300. The summed E-state index contributed by atoms with van der Waals surface area (Å²) in [6.07, 6.45) is -3.03. The molecule has 0 spiro atoms. The lowest BCUT2D eigenvalue weighted by atomic mass is 10.1. The van der Waals surface area contributed by atoms with E-state index in [9.17, 15) is 22.4 Å². The van der Waals surface area contributed by atoms with Crippen molar-refractivity contribution in [3.63, 3.8) is 0 Å². The molecular weight excluding hydrogens is 264 g/mol. The minimum absolute atomic E-state index is 0.147. The Morgan fingerprint density at radius 1 is 1.29 bits per heavy atom. The summed E-state index contributed by atoms with van der Waals surface area (Å²) in [5.41, 5.74) is -0.924. The zero-order valence-electron chi connectivity index (χ0n) is 8.52. The lowest BCUT2D eigenvalue weighted by Crippen LogP contribution is -2.07. The Balaban J connectivity index is 3.36. The van der Waals surface area contributed by atoms with E-state index in [4.69, 9.17) is 11.6 Å². The lowest BCUT2D eigenvalue weighted by molar-refractivity contribution is -0.0519. The molecule has 0 bridgehead atoms. The Hall–Kier alpha value is -1.30. The van der Waals surface area contributed by atoms with Gasteiger partial charge in [0.05, 0.1) is 10.6 Å². The predicted molar refractivity (Wildman–Crippen MR) is 53.0 cm³/mol. The number of rotatable bonds is 4. The van der Waals surface area contributed by atoms with Crippen LogP contribution in [0.3, 0.4) is 0 Å². The van der Waals surface area contributed by atoms with Gasteiger partial charge in [0, 0.05) is 5.56 Å². The van der Waals surface area contributed by atoms with Crippen molar-refractivity contribution in [3.05, 3.63) is 28.3 Å². The van der Waals surface area contributed by atoms with Crippen molar-refractivity contribution in [3.8, 4) is 5.75 Å². The normalized spacial score (nSPS) is 11.1. The third-order valence-corrected chi connectivity index (χ3v) is 2.32. The molecule has 0 fully saturated rings. The molecule has 0 radical (unpaired) electrons. The molecule has 0 aliphatic heterocycles. The van der Waals surface area contributed by atoms with Gasteiger partial charge in [-0.3, -0.25) is 4.79 Å². The van der Waals surface area contributed by atoms with E-state index in [1.165, 1.54) is 0 Å². The predicted octanol–water partition coefficient (Wildman–Crippen LogP) is 4.08. The molecule has 17 heavy (non-hydrogen) atoms. The second-order valence-corrected chi connectivity index (χ2v) is 3.46. The topological polar surface area (TPSA) is 26.3 Å². The van der Waals surface area contributed by atoms with Crippen molar-refractivity contribution in [2.24, 2.45) is 0 Å². The molecule has 94 valence electrons. The molecule has 0 unspecified atom stereocenters. The number of carbonyl (C=O) groups excluding carboxylic acids is 1. The Morgan fingerprint density at radius 2 is 1.88 bits per heavy atom. The van der Waals surface area contributed by atoms with Gasteiger partial charge in [-0.1, -0.05) is 11.6 Å². The van der Waals surface area contributed by atoms with Crippen molar-refractivity contribution in [2.75, 3.05) is 0 Å². The fourth-order valence-corrected chi connectivity index (χ4v) is 1.57. The molecule has 0 aromatic heterocycles. The maximum absolute atomic E-state index is 12.5. The van der Waals surface area contributed by atoms with Crippen LogP contribution in [0.25, 0.3) is 0 Å². The minimum Gasteiger partial charge on any atom is -0.433 e. The van der Waals surface area contributed by atoms with E-state index in [0.717, 1.165) is 19.1 Å². The SMILES string of the molecule is CC(=O)c1ccc(C(F)F)c(OC(F)F)c1Cl. The molecule has 0 saturated carbocycles. The number of halogens is 5. The Kier molecular flexibility index (Phi) is 4.34. The van der Waals surface area contributed by atoms with E-state index in [1.807, 2.05) is 0 Å². The largest absolute Gasteiger partial charge is 0.433 e. The van der Waals surface area contributed by atoms with Crippen LogP contribution in [-0.2, 0) is 0 Å². The molecule has 0 aliphatic carbocycles. The highest BCUT2D eigenvalue weighted by Gasteiger charge is 2.23. The van der Waals surface area contributed by atoms with E-state index in [1.54, 1.807) is 0 Å². The molecule has 0 N–H and O–H groups in total. The van der Waals surface area contributed by atoms with Crippen LogP contribution in [0.2, 0.25) is 5.02 Å². The molecular formula is C10H7ClF4O2. The van der Waals surface area contributed by atoms with Crippen molar-refractivity contribution < 1.29 is 27.1 Å². The Bertz CT molecular complexity index is 435. The average molecular weight is 271 g/mol. The van der Waals surface area contributed by atoms with Gasteiger partial charge in [0.15, 0.2) is 11.5 Å². The van der Waals surface area contributed by atoms with Crippen LogP contribution >= 0.6 is 11.6 Å². The van der Waals surface area contributed by atoms with Gasteiger partial charge in [0.1, 0.15) is 0 Å². The zero-order valence-corrected chi connectivity index (χ0v) is 9.27. The maximum atomic E-state index is 12.5. The van der Waals surface area contributed by atoms with E-state index >= 15 is 0 Å². The summed E-state index contributed by atoms with van der Waals surface area (Å²) >= 11 is 5.58. The fourth-order valence-electron chi connectivity index (χ4n) is 1.22. The zero-order chi connectivity index (χ0) is 13.2. The Morgan fingerprint density at radius 3 is 2.29 bits per heavy atom. The summed E-state index contributed by atoms with van der Waals surface area (Å²) in [4.78, 5) is 11.1. The smallest absolute Gasteiger partial charge is 0.387 e. The van der Waals surface area contributed by atoms with Crippen LogP contribution in [-0.4, -0.2) is 12.4 Å². The monoisotopic (exact) mass is 270 g/mol.